The van der Waals surface area contributed by atoms with Crippen molar-refractivity contribution in [3.8, 4) is 0 Å². The summed E-state index contributed by atoms with van der Waals surface area (Å²) in [5, 5.41) is 12.8. The molecule has 1 fully saturated rings. The van der Waals surface area contributed by atoms with Gasteiger partial charge in [0.15, 0.2) is 0 Å². The molecule has 0 bridgehead atoms. The molecule has 1 aromatic carbocycles. The van der Waals surface area contributed by atoms with Gasteiger partial charge in [0.05, 0.1) is 28.9 Å². The molecule has 104 valence electrons. The number of nitrogens with one attached hydrogen (secondary N) is 1. The maximum Gasteiger partial charge on any atom is 0.238 e. The normalized spacial score (nSPS) is 19.6. The predicted octanol–water partition coefficient (Wildman–Crippen LogP) is 2.39. The molecular formula is C13H16Cl2N2O2. The van der Waals surface area contributed by atoms with Crippen molar-refractivity contribution < 1.29 is 9.90 Å². The van der Waals surface area contributed by atoms with E-state index in [2.05, 4.69) is 5.32 Å². The first-order valence-corrected chi connectivity index (χ1v) is 6.96. The van der Waals surface area contributed by atoms with Crippen LogP contribution in [0.4, 0.5) is 5.69 Å². The zero-order valence-corrected chi connectivity index (χ0v) is 11.9. The van der Waals surface area contributed by atoms with Crippen molar-refractivity contribution in [2.75, 3.05) is 25.0 Å². The van der Waals surface area contributed by atoms with Crippen molar-refractivity contribution in [2.45, 2.75) is 18.9 Å². The highest BCUT2D eigenvalue weighted by Gasteiger charge is 2.25. The van der Waals surface area contributed by atoms with E-state index < -0.39 is 0 Å². The van der Waals surface area contributed by atoms with Crippen LogP contribution in [0.15, 0.2) is 18.2 Å². The van der Waals surface area contributed by atoms with Crippen molar-refractivity contribution in [3.05, 3.63) is 28.2 Å². The molecule has 0 aromatic heterocycles. The first-order valence-electron chi connectivity index (χ1n) is 6.20. The number of nitrogens with zero attached hydrogens (tertiary/aromatic N) is 1. The topological polar surface area (TPSA) is 52.6 Å². The van der Waals surface area contributed by atoms with Gasteiger partial charge in [0.1, 0.15) is 0 Å². The lowest BCUT2D eigenvalue weighted by Crippen LogP contribution is -2.38. The van der Waals surface area contributed by atoms with Crippen molar-refractivity contribution in [3.63, 3.8) is 0 Å². The minimum absolute atomic E-state index is 0.0764. The van der Waals surface area contributed by atoms with Gasteiger partial charge >= 0.3 is 0 Å². The monoisotopic (exact) mass is 302 g/mol. The molecule has 2 N–H and O–H groups in total. The highest BCUT2D eigenvalue weighted by Crippen LogP contribution is 2.29. The van der Waals surface area contributed by atoms with Crippen LogP contribution in [0.25, 0.3) is 0 Å². The van der Waals surface area contributed by atoms with E-state index in [4.69, 9.17) is 23.2 Å². The molecule has 1 atom stereocenters. The molecule has 0 spiro atoms. The Morgan fingerprint density at radius 2 is 2.11 bits per heavy atom. The summed E-state index contributed by atoms with van der Waals surface area (Å²) in [5.41, 5.74) is 0.440. The minimum atomic E-state index is -0.171. The fraction of sp³-hybridized carbons (Fsp3) is 0.462. The molecular weight excluding hydrogens is 287 g/mol. The smallest absolute Gasteiger partial charge is 0.238 e. The van der Waals surface area contributed by atoms with Crippen LogP contribution in [0.2, 0.25) is 10.0 Å². The number of hydrogen-bond acceptors (Lipinski definition) is 3. The number of benzene rings is 1. The molecule has 1 aromatic rings. The molecule has 2 rings (SSSR count). The third-order valence-corrected chi connectivity index (χ3v) is 3.91. The summed E-state index contributed by atoms with van der Waals surface area (Å²) in [7, 11) is 0. The lowest BCUT2D eigenvalue weighted by molar-refractivity contribution is -0.117. The summed E-state index contributed by atoms with van der Waals surface area (Å²) in [6.45, 7) is 1.15. The second kappa shape index (κ2) is 6.57. The number of halogens is 2. The molecule has 1 aliphatic rings. The van der Waals surface area contributed by atoms with Crippen molar-refractivity contribution >= 4 is 34.8 Å². The third kappa shape index (κ3) is 3.60. The lowest BCUT2D eigenvalue weighted by Gasteiger charge is -2.22. The van der Waals surface area contributed by atoms with Gasteiger partial charge in [-0.2, -0.15) is 0 Å². The zero-order valence-electron chi connectivity index (χ0n) is 10.4. The maximum absolute atomic E-state index is 12.0. The molecule has 1 unspecified atom stereocenters. The Morgan fingerprint density at radius 1 is 1.42 bits per heavy atom. The predicted molar refractivity (Wildman–Crippen MR) is 76.8 cm³/mol. The SMILES string of the molecule is O=C(CN1CCCC1CO)Nc1c(Cl)cccc1Cl. The Bertz CT molecular complexity index is 448. The van der Waals surface area contributed by atoms with E-state index >= 15 is 0 Å². The van der Waals surface area contributed by atoms with E-state index in [1.807, 2.05) is 4.90 Å². The molecule has 0 radical (unpaired) electrons. The van der Waals surface area contributed by atoms with Crippen LogP contribution in [-0.2, 0) is 4.79 Å². The Hall–Kier alpha value is -0.810. The zero-order chi connectivity index (χ0) is 13.8. The number of likely N-dealkylation sites (tertiary alicyclic amines) is 1. The van der Waals surface area contributed by atoms with Gasteiger partial charge in [-0.15, -0.1) is 0 Å². The minimum Gasteiger partial charge on any atom is -0.395 e. The number of para-hydroxylation sites is 1. The average Bonchev–Trinajstić information content (AvgIpc) is 2.81. The van der Waals surface area contributed by atoms with E-state index in [0.717, 1.165) is 19.4 Å². The fourth-order valence-corrected chi connectivity index (χ4v) is 2.78. The molecule has 1 amide bonds. The number of aliphatic hydroxyl groups excluding tert-OH is 1. The summed E-state index contributed by atoms with van der Waals surface area (Å²) in [5.74, 6) is -0.171. The van der Waals surface area contributed by atoms with Crippen molar-refractivity contribution in [1.82, 2.24) is 4.90 Å². The first-order chi connectivity index (χ1) is 9.11. The van der Waals surface area contributed by atoms with E-state index in [0.29, 0.717) is 15.7 Å². The van der Waals surface area contributed by atoms with Crippen LogP contribution in [0.5, 0.6) is 0 Å². The Labute approximate surface area is 122 Å². The number of anilines is 1. The number of aliphatic hydroxyl groups is 1. The van der Waals surface area contributed by atoms with Crippen LogP contribution < -0.4 is 5.32 Å². The van der Waals surface area contributed by atoms with E-state index in [9.17, 15) is 9.90 Å². The van der Waals surface area contributed by atoms with Crippen molar-refractivity contribution in [1.29, 1.82) is 0 Å². The number of amides is 1. The quantitative estimate of drug-likeness (QED) is 0.898. The average molecular weight is 303 g/mol. The van der Waals surface area contributed by atoms with Gasteiger partial charge in [-0.1, -0.05) is 29.3 Å². The van der Waals surface area contributed by atoms with Gasteiger partial charge in [0, 0.05) is 6.04 Å². The Balaban J connectivity index is 1.98. The van der Waals surface area contributed by atoms with Gasteiger partial charge < -0.3 is 10.4 Å². The van der Waals surface area contributed by atoms with Crippen LogP contribution >= 0.6 is 23.2 Å². The summed E-state index contributed by atoms with van der Waals surface area (Å²) >= 11 is 12.0. The summed E-state index contributed by atoms with van der Waals surface area (Å²) in [6.07, 6.45) is 1.93. The summed E-state index contributed by atoms with van der Waals surface area (Å²) < 4.78 is 0. The number of rotatable bonds is 4. The lowest BCUT2D eigenvalue weighted by atomic mass is 10.2. The number of carbonyl (C=O) groups excluding carboxylic acids is 1. The second-order valence-electron chi connectivity index (χ2n) is 4.59. The van der Waals surface area contributed by atoms with Crippen LogP contribution in [0.3, 0.4) is 0 Å². The maximum atomic E-state index is 12.0. The van der Waals surface area contributed by atoms with Gasteiger partial charge in [-0.05, 0) is 31.5 Å². The number of hydrogen-bond donors (Lipinski definition) is 2. The van der Waals surface area contributed by atoms with Gasteiger partial charge in [0.25, 0.3) is 0 Å². The van der Waals surface area contributed by atoms with E-state index in [1.165, 1.54) is 0 Å². The molecule has 1 heterocycles. The Morgan fingerprint density at radius 3 is 2.74 bits per heavy atom. The molecule has 0 saturated carbocycles. The summed E-state index contributed by atoms with van der Waals surface area (Å²) in [6, 6.07) is 5.15. The molecule has 1 aliphatic heterocycles. The van der Waals surface area contributed by atoms with Crippen LogP contribution in [0, 0.1) is 0 Å². The highest BCUT2D eigenvalue weighted by molar-refractivity contribution is 6.39. The standard InChI is InChI=1S/C13H16Cl2N2O2/c14-10-4-1-5-11(15)13(10)16-12(19)7-17-6-2-3-9(17)8-18/h1,4-5,9,18H,2-3,6-8H2,(H,16,19). The van der Waals surface area contributed by atoms with E-state index in [-0.39, 0.29) is 25.1 Å². The third-order valence-electron chi connectivity index (χ3n) is 3.28. The van der Waals surface area contributed by atoms with Crippen LogP contribution in [-0.4, -0.2) is 41.7 Å². The fourth-order valence-electron chi connectivity index (χ4n) is 2.29. The molecule has 0 aliphatic carbocycles. The van der Waals surface area contributed by atoms with Gasteiger partial charge in [-0.25, -0.2) is 0 Å². The van der Waals surface area contributed by atoms with Crippen LogP contribution in [0.1, 0.15) is 12.8 Å². The second-order valence-corrected chi connectivity index (χ2v) is 5.41. The first kappa shape index (κ1) is 14.6. The molecule has 6 heteroatoms. The van der Waals surface area contributed by atoms with Gasteiger partial charge in [-0.3, -0.25) is 9.69 Å². The summed E-state index contributed by atoms with van der Waals surface area (Å²) in [4.78, 5) is 14.0. The molecule has 4 nitrogen and oxygen atoms in total. The van der Waals surface area contributed by atoms with Crippen molar-refractivity contribution in [2.24, 2.45) is 0 Å². The van der Waals surface area contributed by atoms with E-state index in [1.54, 1.807) is 18.2 Å². The highest BCUT2D eigenvalue weighted by atomic mass is 35.5. The largest absolute Gasteiger partial charge is 0.395 e. The molecule has 1 saturated heterocycles. The number of carbonyl (C=O) groups is 1. The van der Waals surface area contributed by atoms with Gasteiger partial charge in [0.2, 0.25) is 5.91 Å². The Kier molecular flexibility index (Phi) is 5.05. The molecule has 19 heavy (non-hydrogen) atoms.